The minimum atomic E-state index is -0.359. The van der Waals surface area contributed by atoms with Gasteiger partial charge in [0.2, 0.25) is 5.91 Å². The summed E-state index contributed by atoms with van der Waals surface area (Å²) in [5.74, 6) is 0.896. The summed E-state index contributed by atoms with van der Waals surface area (Å²) in [6.07, 6.45) is 0.893. The number of hydrogen-bond donors (Lipinski definition) is 1. The fraction of sp³-hybridized carbons (Fsp3) is 0.400. The van der Waals surface area contributed by atoms with Crippen LogP contribution >= 0.6 is 11.3 Å². The number of benzene rings is 1. The molecule has 27 heavy (non-hydrogen) atoms. The fourth-order valence-electron chi connectivity index (χ4n) is 2.40. The molecule has 0 unspecified atom stereocenters. The van der Waals surface area contributed by atoms with E-state index in [-0.39, 0.29) is 11.9 Å². The van der Waals surface area contributed by atoms with E-state index < -0.39 is 0 Å². The Morgan fingerprint density at radius 1 is 1.07 bits per heavy atom. The van der Waals surface area contributed by atoms with Crippen LogP contribution in [-0.4, -0.2) is 31.7 Å². The van der Waals surface area contributed by atoms with E-state index in [1.807, 2.05) is 38.1 Å². The molecule has 0 aliphatic heterocycles. The third-order valence-corrected chi connectivity index (χ3v) is 4.73. The van der Waals surface area contributed by atoms with Gasteiger partial charge in [0.05, 0.1) is 24.8 Å². The van der Waals surface area contributed by atoms with Crippen LogP contribution in [0.4, 0.5) is 5.00 Å². The second kappa shape index (κ2) is 10.6. The van der Waals surface area contributed by atoms with E-state index in [2.05, 4.69) is 5.32 Å². The number of nitrogens with one attached hydrogen (secondary N) is 1. The largest absolute Gasteiger partial charge is 0.490 e. The number of hydrogen-bond acceptors (Lipinski definition) is 6. The molecule has 1 aromatic carbocycles. The summed E-state index contributed by atoms with van der Waals surface area (Å²) in [6, 6.07) is 9.25. The highest BCUT2D eigenvalue weighted by molar-refractivity contribution is 7.18. The average Bonchev–Trinajstić information content (AvgIpc) is 3.00. The number of anilines is 1. The van der Waals surface area contributed by atoms with Gasteiger partial charge in [-0.2, -0.15) is 0 Å². The van der Waals surface area contributed by atoms with Crippen LogP contribution in [0.25, 0.3) is 0 Å². The first-order valence-electron chi connectivity index (χ1n) is 8.97. The van der Waals surface area contributed by atoms with Gasteiger partial charge < -0.3 is 19.5 Å². The maximum absolute atomic E-state index is 12.1. The minimum Gasteiger partial charge on any atom is -0.490 e. The zero-order valence-corrected chi connectivity index (χ0v) is 16.7. The molecule has 0 aliphatic rings. The van der Waals surface area contributed by atoms with Crippen LogP contribution in [0.5, 0.6) is 11.5 Å². The number of esters is 1. The van der Waals surface area contributed by atoms with Gasteiger partial charge in [-0.1, -0.05) is 12.1 Å². The third-order valence-electron chi connectivity index (χ3n) is 3.60. The lowest BCUT2D eigenvalue weighted by Crippen LogP contribution is -2.12. The van der Waals surface area contributed by atoms with Gasteiger partial charge in [-0.25, -0.2) is 4.79 Å². The molecule has 0 fully saturated rings. The van der Waals surface area contributed by atoms with E-state index in [4.69, 9.17) is 14.2 Å². The standard InChI is InChI=1S/C20H25NO5S/c1-4-24-15-9-6-7-10-16(15)26-12-8-11-17(22)21-18-13-14(3)19(27-18)20(23)25-5-2/h6-7,9-10,13H,4-5,8,11-12H2,1-3H3,(H,21,22). The quantitative estimate of drug-likeness (QED) is 0.479. The SMILES string of the molecule is CCOC(=O)c1sc(NC(=O)CCCOc2ccccc2OCC)cc1C. The first kappa shape index (κ1) is 20.8. The van der Waals surface area contributed by atoms with Crippen molar-refractivity contribution in [2.45, 2.75) is 33.6 Å². The van der Waals surface area contributed by atoms with E-state index >= 15 is 0 Å². The molecule has 146 valence electrons. The Labute approximate surface area is 163 Å². The molecule has 1 N–H and O–H groups in total. The van der Waals surface area contributed by atoms with Crippen LogP contribution < -0.4 is 14.8 Å². The van der Waals surface area contributed by atoms with Gasteiger partial charge in [0.15, 0.2) is 11.5 Å². The maximum atomic E-state index is 12.1. The lowest BCUT2D eigenvalue weighted by atomic mass is 10.3. The van der Waals surface area contributed by atoms with Gasteiger partial charge in [0, 0.05) is 6.42 Å². The van der Waals surface area contributed by atoms with Crippen LogP contribution in [0.1, 0.15) is 41.9 Å². The Hall–Kier alpha value is -2.54. The van der Waals surface area contributed by atoms with Crippen molar-refractivity contribution in [1.82, 2.24) is 0 Å². The van der Waals surface area contributed by atoms with Crippen LogP contribution in [0.3, 0.4) is 0 Å². The zero-order chi connectivity index (χ0) is 19.6. The van der Waals surface area contributed by atoms with Crippen molar-refractivity contribution >= 4 is 28.2 Å². The molecule has 0 aliphatic carbocycles. The maximum Gasteiger partial charge on any atom is 0.348 e. The van der Waals surface area contributed by atoms with Crippen LogP contribution in [0, 0.1) is 6.92 Å². The molecule has 0 spiro atoms. The molecular weight excluding hydrogens is 366 g/mol. The van der Waals surface area contributed by atoms with Crippen LogP contribution in [0.15, 0.2) is 30.3 Å². The molecule has 6 nitrogen and oxygen atoms in total. The molecule has 2 rings (SSSR count). The Morgan fingerprint density at radius 2 is 1.78 bits per heavy atom. The Kier molecular flexibility index (Phi) is 8.13. The highest BCUT2D eigenvalue weighted by Gasteiger charge is 2.15. The monoisotopic (exact) mass is 391 g/mol. The van der Waals surface area contributed by atoms with E-state index in [1.54, 1.807) is 13.0 Å². The zero-order valence-electron chi connectivity index (χ0n) is 15.9. The Morgan fingerprint density at radius 3 is 2.44 bits per heavy atom. The molecule has 0 atom stereocenters. The van der Waals surface area contributed by atoms with Gasteiger partial charge in [-0.15, -0.1) is 11.3 Å². The summed E-state index contributed by atoms with van der Waals surface area (Å²) >= 11 is 1.23. The fourth-order valence-corrected chi connectivity index (χ4v) is 3.38. The summed E-state index contributed by atoms with van der Waals surface area (Å²) in [5, 5.41) is 3.46. The topological polar surface area (TPSA) is 73.9 Å². The predicted molar refractivity (Wildman–Crippen MR) is 106 cm³/mol. The number of ether oxygens (including phenoxy) is 3. The number of aryl methyl sites for hydroxylation is 1. The number of thiophene rings is 1. The number of rotatable bonds is 10. The molecule has 1 aromatic heterocycles. The van der Waals surface area contributed by atoms with Crippen molar-refractivity contribution in [1.29, 1.82) is 0 Å². The third kappa shape index (κ3) is 6.29. The number of amides is 1. The predicted octanol–water partition coefficient (Wildman–Crippen LogP) is 4.43. The van der Waals surface area contributed by atoms with Crippen molar-refractivity contribution in [2.75, 3.05) is 25.1 Å². The first-order chi connectivity index (χ1) is 13.0. The molecule has 0 radical (unpaired) electrons. The summed E-state index contributed by atoms with van der Waals surface area (Å²) < 4.78 is 16.2. The molecule has 0 bridgehead atoms. The van der Waals surface area contributed by atoms with Crippen molar-refractivity contribution in [2.24, 2.45) is 0 Å². The molecule has 0 saturated heterocycles. The molecular formula is C20H25NO5S. The van der Waals surface area contributed by atoms with E-state index in [0.29, 0.717) is 54.0 Å². The Bertz CT molecular complexity index is 771. The van der Waals surface area contributed by atoms with Crippen LogP contribution in [0.2, 0.25) is 0 Å². The van der Waals surface area contributed by atoms with Gasteiger partial charge in [0.25, 0.3) is 0 Å². The molecule has 1 amide bonds. The van der Waals surface area contributed by atoms with Gasteiger partial charge in [-0.3, -0.25) is 4.79 Å². The van der Waals surface area contributed by atoms with Crippen molar-refractivity contribution in [3.63, 3.8) is 0 Å². The summed E-state index contributed by atoms with van der Waals surface area (Å²) in [7, 11) is 0. The van der Waals surface area contributed by atoms with Crippen molar-refractivity contribution in [3.05, 3.63) is 40.8 Å². The highest BCUT2D eigenvalue weighted by Crippen LogP contribution is 2.28. The second-order valence-electron chi connectivity index (χ2n) is 5.72. The normalized spacial score (nSPS) is 10.3. The summed E-state index contributed by atoms with van der Waals surface area (Å²) in [4.78, 5) is 24.5. The van der Waals surface area contributed by atoms with E-state index in [0.717, 1.165) is 5.56 Å². The Balaban J connectivity index is 1.79. The molecule has 7 heteroatoms. The lowest BCUT2D eigenvalue weighted by Gasteiger charge is -2.11. The number of para-hydroxylation sites is 2. The van der Waals surface area contributed by atoms with E-state index in [9.17, 15) is 9.59 Å². The first-order valence-corrected chi connectivity index (χ1v) is 9.78. The average molecular weight is 391 g/mol. The minimum absolute atomic E-state index is 0.117. The summed E-state index contributed by atoms with van der Waals surface area (Å²) in [6.45, 7) is 6.80. The molecule has 1 heterocycles. The molecule has 2 aromatic rings. The smallest absolute Gasteiger partial charge is 0.348 e. The van der Waals surface area contributed by atoms with Gasteiger partial charge in [-0.05, 0) is 51.0 Å². The van der Waals surface area contributed by atoms with Crippen LogP contribution in [-0.2, 0) is 9.53 Å². The number of carbonyl (C=O) groups is 2. The highest BCUT2D eigenvalue weighted by atomic mass is 32.1. The summed E-state index contributed by atoms with van der Waals surface area (Å²) in [5.41, 5.74) is 0.796. The van der Waals surface area contributed by atoms with Crippen molar-refractivity contribution in [3.8, 4) is 11.5 Å². The van der Waals surface area contributed by atoms with Crippen molar-refractivity contribution < 1.29 is 23.8 Å². The van der Waals surface area contributed by atoms with Gasteiger partial charge in [0.1, 0.15) is 4.88 Å². The van der Waals surface area contributed by atoms with E-state index in [1.165, 1.54) is 11.3 Å². The second-order valence-corrected chi connectivity index (χ2v) is 6.78. The van der Waals surface area contributed by atoms with Gasteiger partial charge >= 0.3 is 5.97 Å². The molecule has 0 saturated carbocycles. The number of carbonyl (C=O) groups excluding carboxylic acids is 2. The lowest BCUT2D eigenvalue weighted by molar-refractivity contribution is -0.116.